The second-order valence-corrected chi connectivity index (χ2v) is 4.92. The number of hydrogen-bond donors (Lipinski definition) is 1. The predicted molar refractivity (Wildman–Crippen MR) is 74.9 cm³/mol. The molecule has 0 aromatic heterocycles. The van der Waals surface area contributed by atoms with Crippen LogP contribution in [0.5, 0.6) is 0 Å². The van der Waals surface area contributed by atoms with Crippen molar-refractivity contribution in [3.8, 4) is 0 Å². The maximum Gasteiger partial charge on any atom is 0.0669 e. The van der Waals surface area contributed by atoms with Crippen LogP contribution in [0.4, 0.5) is 11.4 Å². The molecule has 0 aliphatic carbocycles. The molecule has 0 saturated heterocycles. The fourth-order valence-electron chi connectivity index (χ4n) is 2.08. The number of anilines is 1. The lowest BCUT2D eigenvalue weighted by atomic mass is 10.0. The highest BCUT2D eigenvalue weighted by Gasteiger charge is 2.17. The average molecular weight is 287 g/mol. The van der Waals surface area contributed by atoms with Crippen molar-refractivity contribution in [2.75, 3.05) is 5.73 Å². The van der Waals surface area contributed by atoms with Gasteiger partial charge >= 0.3 is 0 Å². The summed E-state index contributed by atoms with van der Waals surface area (Å²) < 4.78 is 0.925. The molecule has 0 fully saturated rings. The summed E-state index contributed by atoms with van der Waals surface area (Å²) in [6, 6.07) is 14.2. The van der Waals surface area contributed by atoms with Crippen LogP contribution in [-0.4, -0.2) is 5.71 Å². The summed E-state index contributed by atoms with van der Waals surface area (Å²) in [4.78, 5) is 4.64. The van der Waals surface area contributed by atoms with Gasteiger partial charge in [0.25, 0.3) is 0 Å². The third kappa shape index (κ3) is 1.76. The predicted octanol–water partition coefficient (Wildman–Crippen LogP) is 3.71. The Labute approximate surface area is 108 Å². The lowest BCUT2D eigenvalue weighted by molar-refractivity contribution is 1.39. The van der Waals surface area contributed by atoms with E-state index in [9.17, 15) is 0 Å². The van der Waals surface area contributed by atoms with Crippen molar-refractivity contribution in [2.24, 2.45) is 4.99 Å². The van der Waals surface area contributed by atoms with Crippen molar-refractivity contribution in [1.82, 2.24) is 0 Å². The van der Waals surface area contributed by atoms with E-state index in [4.69, 9.17) is 5.73 Å². The summed E-state index contributed by atoms with van der Waals surface area (Å²) in [7, 11) is 0. The van der Waals surface area contributed by atoms with Gasteiger partial charge in [0.15, 0.2) is 0 Å². The highest BCUT2D eigenvalue weighted by atomic mass is 79.9. The molecule has 0 unspecified atom stereocenters. The van der Waals surface area contributed by atoms with Crippen molar-refractivity contribution in [3.63, 3.8) is 0 Å². The van der Waals surface area contributed by atoms with Crippen LogP contribution in [0.2, 0.25) is 0 Å². The maximum absolute atomic E-state index is 6.07. The zero-order valence-corrected chi connectivity index (χ0v) is 10.7. The van der Waals surface area contributed by atoms with Crippen molar-refractivity contribution in [3.05, 3.63) is 58.1 Å². The molecule has 2 N–H and O–H groups in total. The molecule has 0 amide bonds. The van der Waals surface area contributed by atoms with E-state index >= 15 is 0 Å². The van der Waals surface area contributed by atoms with Gasteiger partial charge in [0.1, 0.15) is 0 Å². The molecule has 1 aliphatic rings. The summed E-state index contributed by atoms with van der Waals surface area (Å²) in [6.07, 6.45) is 0.858. The summed E-state index contributed by atoms with van der Waals surface area (Å²) in [5.74, 6) is 0. The first-order valence-corrected chi connectivity index (χ1v) is 6.25. The molecule has 0 spiro atoms. The minimum Gasteiger partial charge on any atom is -0.397 e. The number of nitrogens with two attached hydrogens (primary N) is 1. The Morgan fingerprint density at radius 3 is 2.71 bits per heavy atom. The molecule has 1 aliphatic heterocycles. The molecule has 84 valence electrons. The van der Waals surface area contributed by atoms with Crippen LogP contribution < -0.4 is 5.73 Å². The Bertz CT molecular complexity index is 617. The van der Waals surface area contributed by atoms with Crippen LogP contribution >= 0.6 is 15.9 Å². The molecule has 2 nitrogen and oxygen atoms in total. The molecular weight excluding hydrogens is 276 g/mol. The smallest absolute Gasteiger partial charge is 0.0669 e. The third-order valence-corrected chi connectivity index (χ3v) is 3.66. The zero-order valence-electron chi connectivity index (χ0n) is 9.15. The van der Waals surface area contributed by atoms with Crippen molar-refractivity contribution in [1.29, 1.82) is 0 Å². The molecule has 17 heavy (non-hydrogen) atoms. The monoisotopic (exact) mass is 286 g/mol. The highest BCUT2D eigenvalue weighted by Crippen LogP contribution is 2.32. The third-order valence-electron chi connectivity index (χ3n) is 2.97. The Morgan fingerprint density at radius 1 is 1.06 bits per heavy atom. The van der Waals surface area contributed by atoms with Crippen LogP contribution in [-0.2, 0) is 6.42 Å². The topological polar surface area (TPSA) is 38.4 Å². The van der Waals surface area contributed by atoms with Crippen LogP contribution in [0.15, 0.2) is 51.9 Å². The van der Waals surface area contributed by atoms with Crippen molar-refractivity contribution in [2.45, 2.75) is 6.42 Å². The van der Waals surface area contributed by atoms with E-state index in [0.29, 0.717) is 0 Å². The van der Waals surface area contributed by atoms with Gasteiger partial charge in [0, 0.05) is 16.5 Å². The average Bonchev–Trinajstić information content (AvgIpc) is 2.76. The lowest BCUT2D eigenvalue weighted by Gasteiger charge is -2.06. The highest BCUT2D eigenvalue weighted by molar-refractivity contribution is 9.10. The van der Waals surface area contributed by atoms with Gasteiger partial charge in [-0.1, -0.05) is 30.3 Å². The van der Waals surface area contributed by atoms with Gasteiger partial charge < -0.3 is 5.73 Å². The van der Waals surface area contributed by atoms with Gasteiger partial charge in [-0.3, -0.25) is 4.99 Å². The number of nitrogen functional groups attached to an aromatic ring is 1. The minimum absolute atomic E-state index is 0.763. The second-order valence-electron chi connectivity index (χ2n) is 4.07. The number of hydrogen-bond acceptors (Lipinski definition) is 2. The van der Waals surface area contributed by atoms with E-state index in [1.54, 1.807) is 0 Å². The summed E-state index contributed by atoms with van der Waals surface area (Å²) in [6.45, 7) is 0. The number of aliphatic imine (C=N–C) groups is 1. The fraction of sp³-hybridized carbons (Fsp3) is 0.0714. The van der Waals surface area contributed by atoms with Gasteiger partial charge in [0.2, 0.25) is 0 Å². The first-order chi connectivity index (χ1) is 8.25. The van der Waals surface area contributed by atoms with Gasteiger partial charge in [0.05, 0.1) is 17.1 Å². The van der Waals surface area contributed by atoms with Crippen LogP contribution in [0, 0.1) is 0 Å². The van der Waals surface area contributed by atoms with Crippen LogP contribution in [0.25, 0.3) is 0 Å². The second kappa shape index (κ2) is 4.00. The minimum atomic E-state index is 0.763. The van der Waals surface area contributed by atoms with Crippen molar-refractivity contribution >= 4 is 33.0 Å². The molecule has 2 aromatic rings. The Balaban J connectivity index is 2.07. The molecule has 2 aromatic carbocycles. The zero-order chi connectivity index (χ0) is 11.8. The number of rotatable bonds is 1. The molecule has 3 heteroatoms. The quantitative estimate of drug-likeness (QED) is 0.798. The number of halogens is 1. The van der Waals surface area contributed by atoms with E-state index in [0.717, 1.165) is 33.5 Å². The van der Waals surface area contributed by atoms with Gasteiger partial charge in [-0.05, 0) is 33.6 Å². The fourth-order valence-corrected chi connectivity index (χ4v) is 2.45. The van der Waals surface area contributed by atoms with E-state index in [1.807, 2.05) is 36.4 Å². The van der Waals surface area contributed by atoms with Gasteiger partial charge in [-0.2, -0.15) is 0 Å². The number of fused-ring (bicyclic) bond motifs is 1. The number of para-hydroxylation sites is 2. The van der Waals surface area contributed by atoms with E-state index < -0.39 is 0 Å². The van der Waals surface area contributed by atoms with E-state index in [2.05, 4.69) is 27.0 Å². The largest absolute Gasteiger partial charge is 0.397 e. The maximum atomic E-state index is 6.07. The molecule has 0 saturated carbocycles. The van der Waals surface area contributed by atoms with Crippen molar-refractivity contribution < 1.29 is 0 Å². The summed E-state index contributed by atoms with van der Waals surface area (Å²) in [5, 5.41) is 0. The normalized spacial score (nSPS) is 13.4. The Kier molecular flexibility index (Phi) is 2.48. The number of benzene rings is 2. The standard InChI is InChI=1S/C14H11BrN2/c15-11-6-3-5-10(14(11)16)13-8-9-4-1-2-7-12(9)17-13/h1-7H,8,16H2. The number of nitrogens with zero attached hydrogens (tertiary/aromatic N) is 1. The molecule has 1 heterocycles. The molecule has 0 radical (unpaired) electrons. The van der Waals surface area contributed by atoms with Crippen LogP contribution in [0.3, 0.4) is 0 Å². The summed E-state index contributed by atoms with van der Waals surface area (Å²) >= 11 is 3.45. The van der Waals surface area contributed by atoms with Gasteiger partial charge in [-0.25, -0.2) is 0 Å². The lowest BCUT2D eigenvalue weighted by Crippen LogP contribution is -2.05. The Morgan fingerprint density at radius 2 is 1.88 bits per heavy atom. The van der Waals surface area contributed by atoms with Gasteiger partial charge in [-0.15, -0.1) is 0 Å². The first-order valence-electron chi connectivity index (χ1n) is 5.45. The van der Waals surface area contributed by atoms with E-state index in [1.165, 1.54) is 5.56 Å². The van der Waals surface area contributed by atoms with Crippen LogP contribution in [0.1, 0.15) is 11.1 Å². The first kappa shape index (κ1) is 10.5. The Hall–Kier alpha value is -1.61. The van der Waals surface area contributed by atoms with E-state index in [-0.39, 0.29) is 0 Å². The molecule has 0 atom stereocenters. The molecular formula is C14H11BrN2. The molecule has 0 bridgehead atoms. The summed E-state index contributed by atoms with van der Waals surface area (Å²) in [5.41, 5.74) is 11.2. The SMILES string of the molecule is Nc1c(Br)cccc1C1=Nc2ccccc2C1. The molecule has 3 rings (SSSR count).